The average Bonchev–Trinajstić information content (AvgIpc) is 2.45. The van der Waals surface area contributed by atoms with Gasteiger partial charge in [0.1, 0.15) is 6.17 Å². The van der Waals surface area contributed by atoms with Gasteiger partial charge in [0.25, 0.3) is 0 Å². The first-order chi connectivity index (χ1) is 3.84. The normalized spacial score (nSPS) is 23.2. The summed E-state index contributed by atoms with van der Waals surface area (Å²) in [5.74, 6) is 0.374. The summed E-state index contributed by atoms with van der Waals surface area (Å²) in [6, 6.07) is 0. The van der Waals surface area contributed by atoms with Crippen molar-refractivity contribution in [2.24, 2.45) is 11.7 Å². The van der Waals surface area contributed by atoms with Crippen LogP contribution in [0, 0.1) is 5.92 Å². The maximum atomic E-state index is 12.5. The summed E-state index contributed by atoms with van der Waals surface area (Å²) in [5.41, 5.74) is 5.15. The predicted molar refractivity (Wildman–Crippen MR) is 31.3 cm³/mol. The number of hydrogen-bond donors (Lipinski definition) is 1. The number of hydrogen-bond acceptors (Lipinski definition) is 1. The summed E-state index contributed by atoms with van der Waals surface area (Å²) < 4.78 is 12.5. The zero-order valence-electron chi connectivity index (χ0n) is 4.94. The van der Waals surface area contributed by atoms with E-state index < -0.39 is 6.17 Å². The Morgan fingerprint density at radius 2 is 2.25 bits per heavy atom. The predicted octanol–water partition coefficient (Wildman–Crippen LogP) is 1.08. The van der Waals surface area contributed by atoms with Crippen LogP contribution < -0.4 is 5.73 Å². The van der Waals surface area contributed by atoms with Gasteiger partial charge in [-0.3, -0.25) is 0 Å². The summed E-state index contributed by atoms with van der Waals surface area (Å²) in [6.45, 7) is 0.498. The van der Waals surface area contributed by atoms with Crippen LogP contribution in [0.25, 0.3) is 0 Å². The molecule has 0 saturated heterocycles. The molecule has 0 aromatic heterocycles. The van der Waals surface area contributed by atoms with Gasteiger partial charge >= 0.3 is 0 Å². The first kappa shape index (κ1) is 6.02. The van der Waals surface area contributed by atoms with Gasteiger partial charge in [-0.05, 0) is 31.7 Å². The van der Waals surface area contributed by atoms with E-state index in [0.717, 1.165) is 12.8 Å². The van der Waals surface area contributed by atoms with E-state index in [2.05, 4.69) is 0 Å². The molecule has 1 saturated carbocycles. The maximum absolute atomic E-state index is 12.5. The van der Waals surface area contributed by atoms with Crippen LogP contribution in [0.2, 0.25) is 0 Å². The van der Waals surface area contributed by atoms with Crippen LogP contribution in [-0.4, -0.2) is 12.7 Å². The van der Waals surface area contributed by atoms with E-state index >= 15 is 0 Å². The van der Waals surface area contributed by atoms with Crippen molar-refractivity contribution in [3.63, 3.8) is 0 Å². The Morgan fingerprint density at radius 1 is 1.62 bits per heavy atom. The van der Waals surface area contributed by atoms with Crippen LogP contribution in [0.3, 0.4) is 0 Å². The van der Waals surface area contributed by atoms with Crippen LogP contribution in [0.4, 0.5) is 4.39 Å². The fraction of sp³-hybridized carbons (Fsp3) is 1.00. The molecule has 0 bridgehead atoms. The summed E-state index contributed by atoms with van der Waals surface area (Å²) in [7, 11) is 0. The molecule has 2 heteroatoms. The van der Waals surface area contributed by atoms with E-state index in [0.29, 0.717) is 18.9 Å². The van der Waals surface area contributed by atoms with Crippen LogP contribution in [0.15, 0.2) is 0 Å². The molecular formula is C6H12FN. The summed E-state index contributed by atoms with van der Waals surface area (Å²) in [4.78, 5) is 0. The number of nitrogens with two attached hydrogens (primary N) is 1. The highest BCUT2D eigenvalue weighted by atomic mass is 19.1. The second kappa shape index (κ2) is 2.44. The Bertz CT molecular complexity index is 70.9. The van der Waals surface area contributed by atoms with Crippen LogP contribution >= 0.6 is 0 Å². The lowest BCUT2D eigenvalue weighted by molar-refractivity contribution is 0.283. The molecule has 1 rings (SSSR count). The summed E-state index contributed by atoms with van der Waals surface area (Å²) >= 11 is 0. The number of rotatable bonds is 3. The Morgan fingerprint density at radius 3 is 2.62 bits per heavy atom. The van der Waals surface area contributed by atoms with E-state index in [1.165, 1.54) is 0 Å². The third kappa shape index (κ3) is 1.44. The van der Waals surface area contributed by atoms with E-state index in [1.54, 1.807) is 0 Å². The van der Waals surface area contributed by atoms with Gasteiger partial charge in [0.15, 0.2) is 0 Å². The van der Waals surface area contributed by atoms with E-state index in [1.807, 2.05) is 0 Å². The molecule has 0 aliphatic heterocycles. The van der Waals surface area contributed by atoms with Gasteiger partial charge in [0.2, 0.25) is 0 Å². The molecule has 0 aromatic rings. The first-order valence-corrected chi connectivity index (χ1v) is 3.18. The second-order valence-electron chi connectivity index (χ2n) is 2.43. The lowest BCUT2D eigenvalue weighted by atomic mass is 10.2. The largest absolute Gasteiger partial charge is 0.330 e. The minimum atomic E-state index is -0.597. The highest BCUT2D eigenvalue weighted by molar-refractivity contribution is 4.80. The molecular weight excluding hydrogens is 105 g/mol. The molecule has 0 aromatic carbocycles. The number of alkyl halides is 1. The van der Waals surface area contributed by atoms with Crippen molar-refractivity contribution in [3.8, 4) is 0 Å². The highest BCUT2D eigenvalue weighted by Gasteiger charge is 2.30. The molecule has 0 radical (unpaired) electrons. The Hall–Kier alpha value is -0.110. The minimum Gasteiger partial charge on any atom is -0.330 e. The smallest absolute Gasteiger partial charge is 0.104 e. The molecule has 1 aliphatic carbocycles. The standard InChI is InChI=1S/C6H12FN/c7-6(3-4-8)5-1-2-5/h5-6H,1-4,8H2. The molecule has 1 atom stereocenters. The minimum absolute atomic E-state index is 0.374. The molecule has 2 N–H and O–H groups in total. The van der Waals surface area contributed by atoms with Crippen molar-refractivity contribution in [2.45, 2.75) is 25.4 Å². The Labute approximate surface area is 49.1 Å². The van der Waals surface area contributed by atoms with Gasteiger partial charge in [-0.2, -0.15) is 0 Å². The van der Waals surface area contributed by atoms with Crippen LogP contribution in [0.1, 0.15) is 19.3 Å². The third-order valence-electron chi connectivity index (χ3n) is 1.58. The van der Waals surface area contributed by atoms with Crippen molar-refractivity contribution in [3.05, 3.63) is 0 Å². The molecule has 0 amide bonds. The van der Waals surface area contributed by atoms with Crippen LogP contribution in [-0.2, 0) is 0 Å². The molecule has 0 spiro atoms. The zero-order chi connectivity index (χ0) is 5.98. The van der Waals surface area contributed by atoms with Crippen molar-refractivity contribution in [1.82, 2.24) is 0 Å². The quantitative estimate of drug-likeness (QED) is 0.588. The topological polar surface area (TPSA) is 26.0 Å². The Kier molecular flexibility index (Phi) is 1.84. The van der Waals surface area contributed by atoms with Crippen molar-refractivity contribution in [1.29, 1.82) is 0 Å². The molecule has 8 heavy (non-hydrogen) atoms. The molecule has 1 nitrogen and oxygen atoms in total. The van der Waals surface area contributed by atoms with Gasteiger partial charge in [0.05, 0.1) is 0 Å². The molecule has 0 heterocycles. The van der Waals surface area contributed by atoms with E-state index in [-0.39, 0.29) is 0 Å². The second-order valence-corrected chi connectivity index (χ2v) is 2.43. The maximum Gasteiger partial charge on any atom is 0.104 e. The Balaban J connectivity index is 2.03. The zero-order valence-corrected chi connectivity index (χ0v) is 4.94. The van der Waals surface area contributed by atoms with Crippen molar-refractivity contribution >= 4 is 0 Å². The molecule has 48 valence electrons. The fourth-order valence-corrected chi connectivity index (χ4v) is 0.853. The summed E-state index contributed by atoms with van der Waals surface area (Å²) in [5, 5.41) is 0. The monoisotopic (exact) mass is 117 g/mol. The van der Waals surface area contributed by atoms with Gasteiger partial charge in [-0.1, -0.05) is 0 Å². The van der Waals surface area contributed by atoms with E-state index in [9.17, 15) is 4.39 Å². The SMILES string of the molecule is NCCC(F)C1CC1. The van der Waals surface area contributed by atoms with Gasteiger partial charge in [-0.25, -0.2) is 4.39 Å². The molecule has 1 fully saturated rings. The average molecular weight is 117 g/mol. The third-order valence-corrected chi connectivity index (χ3v) is 1.58. The lowest BCUT2D eigenvalue weighted by Gasteiger charge is -2.00. The number of halogens is 1. The lowest BCUT2D eigenvalue weighted by Crippen LogP contribution is -2.10. The van der Waals surface area contributed by atoms with E-state index in [4.69, 9.17) is 5.73 Å². The fourth-order valence-electron chi connectivity index (χ4n) is 0.853. The molecule has 1 unspecified atom stereocenters. The van der Waals surface area contributed by atoms with Crippen molar-refractivity contribution in [2.75, 3.05) is 6.54 Å². The van der Waals surface area contributed by atoms with Crippen molar-refractivity contribution < 1.29 is 4.39 Å². The van der Waals surface area contributed by atoms with Gasteiger partial charge < -0.3 is 5.73 Å². The highest BCUT2D eigenvalue weighted by Crippen LogP contribution is 2.35. The van der Waals surface area contributed by atoms with Crippen LogP contribution in [0.5, 0.6) is 0 Å². The van der Waals surface area contributed by atoms with Gasteiger partial charge in [0, 0.05) is 0 Å². The van der Waals surface area contributed by atoms with Gasteiger partial charge in [-0.15, -0.1) is 0 Å². The molecule has 1 aliphatic rings. The summed E-state index contributed by atoms with van der Waals surface area (Å²) in [6.07, 6.45) is 2.13. The first-order valence-electron chi connectivity index (χ1n) is 3.18.